The van der Waals surface area contributed by atoms with Crippen molar-refractivity contribution in [3.8, 4) is 0 Å². The zero-order chi connectivity index (χ0) is 19.1. The van der Waals surface area contributed by atoms with Gasteiger partial charge >= 0.3 is 11.8 Å². The predicted octanol–water partition coefficient (Wildman–Crippen LogP) is 2.72. The van der Waals surface area contributed by atoms with Crippen LogP contribution in [-0.2, 0) is 27.2 Å². The Morgan fingerprint density at radius 3 is 2.37 bits per heavy atom. The van der Waals surface area contributed by atoms with Gasteiger partial charge in [-0.15, -0.1) is 0 Å². The quantitative estimate of drug-likeness (QED) is 0.806. The molecule has 3 amide bonds. The number of hydrogen-bond donors (Lipinski definition) is 2. The number of nitrogens with zero attached hydrogens (tertiary/aromatic N) is 1. The third-order valence-electron chi connectivity index (χ3n) is 5.24. The minimum atomic E-state index is -0.725. The fourth-order valence-electron chi connectivity index (χ4n) is 3.75. The smallest absolute Gasteiger partial charge is 0.314 e. The molecular formula is C21H21N3O3. The number of amides is 3. The van der Waals surface area contributed by atoms with E-state index < -0.39 is 11.8 Å². The molecule has 0 atom stereocenters. The lowest BCUT2D eigenvalue weighted by Crippen LogP contribution is -2.31. The molecule has 0 bridgehead atoms. The van der Waals surface area contributed by atoms with E-state index in [1.807, 2.05) is 36.9 Å². The first kappa shape index (κ1) is 17.3. The van der Waals surface area contributed by atoms with Gasteiger partial charge in [0.15, 0.2) is 0 Å². The average Bonchev–Trinajstić information content (AvgIpc) is 2.95. The first-order valence-electron chi connectivity index (χ1n) is 9.08. The summed E-state index contributed by atoms with van der Waals surface area (Å²) in [6.45, 7) is 4.69. The molecule has 2 N–H and O–H groups in total. The maximum absolute atomic E-state index is 12.3. The van der Waals surface area contributed by atoms with Gasteiger partial charge in [-0.1, -0.05) is 6.07 Å². The summed E-state index contributed by atoms with van der Waals surface area (Å²) in [4.78, 5) is 38.5. The van der Waals surface area contributed by atoms with Crippen LogP contribution in [0.25, 0.3) is 0 Å². The van der Waals surface area contributed by atoms with Crippen LogP contribution in [0.2, 0.25) is 0 Å². The summed E-state index contributed by atoms with van der Waals surface area (Å²) in [5.74, 6) is -1.34. The molecule has 2 aliphatic rings. The standard InChI is InChI=1S/C21H21N3O3/c1-12-5-6-16(8-13(12)2)22-20(26)21(27)23-17-9-14-4-3-7-24-18(25)11-15(10-17)19(14)24/h5-6,8-10H,3-4,7,11H2,1-2H3,(H,22,26)(H,23,27). The lowest BCUT2D eigenvalue weighted by Gasteiger charge is -2.26. The van der Waals surface area contributed by atoms with Crippen molar-refractivity contribution < 1.29 is 14.4 Å². The van der Waals surface area contributed by atoms with Gasteiger partial charge in [0.2, 0.25) is 5.91 Å². The van der Waals surface area contributed by atoms with Gasteiger partial charge in [0.25, 0.3) is 0 Å². The van der Waals surface area contributed by atoms with Crippen LogP contribution in [0, 0.1) is 13.8 Å². The van der Waals surface area contributed by atoms with E-state index in [1.54, 1.807) is 12.1 Å². The van der Waals surface area contributed by atoms with Gasteiger partial charge in [0, 0.05) is 17.9 Å². The molecule has 138 valence electrons. The summed E-state index contributed by atoms with van der Waals surface area (Å²) in [6, 6.07) is 9.17. The van der Waals surface area contributed by atoms with Gasteiger partial charge in [0.05, 0.1) is 12.1 Å². The van der Waals surface area contributed by atoms with Crippen molar-refractivity contribution in [1.29, 1.82) is 0 Å². The molecule has 2 heterocycles. The molecule has 27 heavy (non-hydrogen) atoms. The van der Waals surface area contributed by atoms with E-state index in [0.29, 0.717) is 17.8 Å². The summed E-state index contributed by atoms with van der Waals surface area (Å²) in [5.41, 5.74) is 6.26. The third kappa shape index (κ3) is 3.18. The van der Waals surface area contributed by atoms with Gasteiger partial charge in [-0.3, -0.25) is 14.4 Å². The number of anilines is 3. The first-order valence-corrected chi connectivity index (χ1v) is 9.08. The van der Waals surface area contributed by atoms with E-state index in [-0.39, 0.29) is 5.91 Å². The largest absolute Gasteiger partial charge is 0.318 e. The Balaban J connectivity index is 1.50. The van der Waals surface area contributed by atoms with Gasteiger partial charge < -0.3 is 15.5 Å². The van der Waals surface area contributed by atoms with E-state index in [9.17, 15) is 14.4 Å². The highest BCUT2D eigenvalue weighted by Gasteiger charge is 2.32. The molecule has 0 radical (unpaired) electrons. The highest BCUT2D eigenvalue weighted by atomic mass is 16.2. The average molecular weight is 363 g/mol. The van der Waals surface area contributed by atoms with Gasteiger partial charge in [-0.05, 0) is 73.2 Å². The second kappa shape index (κ2) is 6.54. The van der Waals surface area contributed by atoms with E-state index in [4.69, 9.17) is 0 Å². The number of carbonyl (C=O) groups is 3. The monoisotopic (exact) mass is 363 g/mol. The van der Waals surface area contributed by atoms with Crippen LogP contribution >= 0.6 is 0 Å². The van der Waals surface area contributed by atoms with Crippen LogP contribution in [0.3, 0.4) is 0 Å². The van der Waals surface area contributed by atoms with Crippen LogP contribution in [-0.4, -0.2) is 24.3 Å². The fraction of sp³-hybridized carbons (Fsp3) is 0.286. The zero-order valence-electron chi connectivity index (χ0n) is 15.4. The number of benzene rings is 2. The molecule has 4 rings (SSSR count). The number of hydrogen-bond acceptors (Lipinski definition) is 3. The minimum absolute atomic E-state index is 0.0990. The van der Waals surface area contributed by atoms with Crippen molar-refractivity contribution in [3.05, 3.63) is 52.6 Å². The molecule has 6 heteroatoms. The fourth-order valence-corrected chi connectivity index (χ4v) is 3.75. The van der Waals surface area contributed by atoms with Crippen molar-refractivity contribution in [1.82, 2.24) is 0 Å². The SMILES string of the molecule is Cc1ccc(NC(=O)C(=O)Nc2cc3c4c(c2)CC(=O)N4CCC3)cc1C. The number of nitrogens with one attached hydrogen (secondary N) is 2. The Morgan fingerprint density at radius 2 is 1.63 bits per heavy atom. The van der Waals surface area contributed by atoms with E-state index >= 15 is 0 Å². The summed E-state index contributed by atoms with van der Waals surface area (Å²) < 4.78 is 0. The molecule has 0 saturated heterocycles. The lowest BCUT2D eigenvalue weighted by molar-refractivity contribution is -0.132. The van der Waals surface area contributed by atoms with E-state index in [0.717, 1.165) is 47.3 Å². The molecular weight excluding hydrogens is 342 g/mol. The highest BCUT2D eigenvalue weighted by Crippen LogP contribution is 2.38. The zero-order valence-corrected chi connectivity index (χ0v) is 15.4. The molecule has 0 fully saturated rings. The van der Waals surface area contributed by atoms with Gasteiger partial charge in [-0.25, -0.2) is 0 Å². The van der Waals surface area contributed by atoms with Gasteiger partial charge in [0.1, 0.15) is 0 Å². The highest BCUT2D eigenvalue weighted by molar-refractivity contribution is 6.43. The minimum Gasteiger partial charge on any atom is -0.318 e. The van der Waals surface area contributed by atoms with Crippen LogP contribution < -0.4 is 15.5 Å². The first-order chi connectivity index (χ1) is 12.9. The van der Waals surface area contributed by atoms with Crippen molar-refractivity contribution in [2.45, 2.75) is 33.1 Å². The maximum Gasteiger partial charge on any atom is 0.314 e. The van der Waals surface area contributed by atoms with E-state index in [1.165, 1.54) is 0 Å². The lowest BCUT2D eigenvalue weighted by atomic mass is 9.99. The Hall–Kier alpha value is -3.15. The van der Waals surface area contributed by atoms with Crippen LogP contribution in [0.15, 0.2) is 30.3 Å². The van der Waals surface area contributed by atoms with Crippen molar-refractivity contribution in [3.63, 3.8) is 0 Å². The molecule has 0 aliphatic carbocycles. The summed E-state index contributed by atoms with van der Waals surface area (Å²) in [6.07, 6.45) is 2.12. The Kier molecular flexibility index (Phi) is 4.18. The van der Waals surface area contributed by atoms with Crippen molar-refractivity contribution in [2.24, 2.45) is 0 Å². The Bertz CT molecular complexity index is 981. The second-order valence-corrected chi connectivity index (χ2v) is 7.18. The molecule has 0 unspecified atom stereocenters. The molecule has 0 spiro atoms. The molecule has 2 aliphatic heterocycles. The molecule has 6 nitrogen and oxygen atoms in total. The third-order valence-corrected chi connectivity index (χ3v) is 5.24. The molecule has 0 aromatic heterocycles. The summed E-state index contributed by atoms with van der Waals surface area (Å²) >= 11 is 0. The number of carbonyl (C=O) groups excluding carboxylic acids is 3. The normalized spacial score (nSPS) is 14.7. The number of rotatable bonds is 2. The van der Waals surface area contributed by atoms with Crippen LogP contribution in [0.4, 0.5) is 17.1 Å². The topological polar surface area (TPSA) is 78.5 Å². The van der Waals surface area contributed by atoms with E-state index in [2.05, 4.69) is 10.6 Å². The predicted molar refractivity (Wildman–Crippen MR) is 104 cm³/mol. The Morgan fingerprint density at radius 1 is 0.926 bits per heavy atom. The maximum atomic E-state index is 12.3. The Labute approximate surface area is 157 Å². The van der Waals surface area contributed by atoms with Crippen LogP contribution in [0.1, 0.15) is 28.7 Å². The molecule has 2 aromatic carbocycles. The summed E-state index contributed by atoms with van der Waals surface area (Å²) in [5, 5.41) is 5.29. The summed E-state index contributed by atoms with van der Waals surface area (Å²) in [7, 11) is 0. The molecule has 2 aromatic rings. The van der Waals surface area contributed by atoms with Crippen LogP contribution in [0.5, 0.6) is 0 Å². The molecule has 0 saturated carbocycles. The number of aryl methyl sites for hydroxylation is 3. The second-order valence-electron chi connectivity index (χ2n) is 7.18. The van der Waals surface area contributed by atoms with Crippen molar-refractivity contribution in [2.75, 3.05) is 22.1 Å². The van der Waals surface area contributed by atoms with Crippen molar-refractivity contribution >= 4 is 34.8 Å². The van der Waals surface area contributed by atoms with Gasteiger partial charge in [-0.2, -0.15) is 0 Å².